The minimum absolute atomic E-state index is 0.0975. The number of aryl methyl sites for hydroxylation is 1. The molecule has 3 amide bonds. The molecule has 1 spiro atoms. The van der Waals surface area contributed by atoms with Gasteiger partial charge in [0, 0.05) is 24.3 Å². The molecule has 210 valence electrons. The lowest BCUT2D eigenvalue weighted by Crippen LogP contribution is -2.58. The van der Waals surface area contributed by atoms with E-state index in [0.717, 1.165) is 50.8 Å². The fourth-order valence-electron chi connectivity index (χ4n) is 7.95. The Morgan fingerprint density at radius 3 is 2.72 bits per heavy atom. The average molecular weight is 535 g/mol. The van der Waals surface area contributed by atoms with E-state index in [1.807, 2.05) is 43.3 Å². The van der Waals surface area contributed by atoms with E-state index in [4.69, 9.17) is 4.74 Å². The van der Waals surface area contributed by atoms with Crippen LogP contribution in [0.15, 0.2) is 36.4 Å². The van der Waals surface area contributed by atoms with Crippen LogP contribution in [-0.4, -0.2) is 77.0 Å². The van der Waals surface area contributed by atoms with Crippen molar-refractivity contribution in [3.63, 3.8) is 0 Å². The summed E-state index contributed by atoms with van der Waals surface area (Å²) >= 11 is 0. The molecule has 1 aromatic rings. The Morgan fingerprint density at radius 1 is 1.13 bits per heavy atom. The van der Waals surface area contributed by atoms with Crippen LogP contribution in [0, 0.1) is 24.7 Å². The number of hydrogen-bond donors (Lipinski definition) is 2. The van der Waals surface area contributed by atoms with Gasteiger partial charge in [-0.15, -0.1) is 0 Å². The Balaban J connectivity index is 1.31. The maximum absolute atomic E-state index is 14.3. The van der Waals surface area contributed by atoms with Gasteiger partial charge in [-0.1, -0.05) is 51.0 Å². The highest BCUT2D eigenvalue weighted by Crippen LogP contribution is 2.55. The van der Waals surface area contributed by atoms with Crippen molar-refractivity contribution in [3.8, 4) is 0 Å². The molecule has 0 unspecified atom stereocenters. The smallest absolute Gasteiger partial charge is 0.246 e. The topological polar surface area (TPSA) is 91.0 Å². The van der Waals surface area contributed by atoms with E-state index >= 15 is 0 Å². The van der Waals surface area contributed by atoms with Crippen LogP contribution in [-0.2, 0) is 19.1 Å². The Hall–Kier alpha value is -2.71. The van der Waals surface area contributed by atoms with Crippen molar-refractivity contribution >= 4 is 23.4 Å². The van der Waals surface area contributed by atoms with Crippen LogP contribution in [0.1, 0.15) is 57.9 Å². The molecule has 4 heterocycles. The van der Waals surface area contributed by atoms with Gasteiger partial charge >= 0.3 is 0 Å². The van der Waals surface area contributed by atoms with Crippen molar-refractivity contribution in [3.05, 3.63) is 42.0 Å². The van der Waals surface area contributed by atoms with Crippen molar-refractivity contribution in [2.24, 2.45) is 17.8 Å². The number of carbonyl (C=O) groups is 3. The third-order valence-corrected chi connectivity index (χ3v) is 9.96. The lowest BCUT2D eigenvalue weighted by molar-refractivity contribution is -0.142. The summed E-state index contributed by atoms with van der Waals surface area (Å²) in [5, 5.41) is 6.36. The average Bonchev–Trinajstić information content (AvgIpc) is 3.66. The standard InChI is InChI=1S/C31H42N4O4/c1-4-34-16-8-12-22(34)18-35-27(29(37)33-23-13-6-5-10-20(23)3)31-15-14-24(39-31)25(26(31)30(35)38)28(36)32-21-11-7-9-19(2)17-21/h7,9,11,14-15,17,20,22-27H,4-6,8,10,12-13,16,18H2,1-3H3,(H,32,36)(H,33,37)/t20-,22+,23-,24+,25+,26+,27-,31-/m0/s1. The van der Waals surface area contributed by atoms with Gasteiger partial charge in [0.05, 0.1) is 17.9 Å². The number of anilines is 1. The molecule has 0 aromatic heterocycles. The molecule has 0 radical (unpaired) electrons. The van der Waals surface area contributed by atoms with Gasteiger partial charge in [0.2, 0.25) is 17.7 Å². The van der Waals surface area contributed by atoms with Crippen LogP contribution in [0.25, 0.3) is 0 Å². The molecule has 1 aliphatic carbocycles. The van der Waals surface area contributed by atoms with Gasteiger partial charge in [-0.05, 0) is 69.3 Å². The summed E-state index contributed by atoms with van der Waals surface area (Å²) in [6.07, 6.45) is 9.72. The van der Waals surface area contributed by atoms with Crippen LogP contribution >= 0.6 is 0 Å². The molecule has 6 rings (SSSR count). The number of likely N-dealkylation sites (N-methyl/N-ethyl adjacent to an activating group) is 1. The highest BCUT2D eigenvalue weighted by Gasteiger charge is 2.73. The normalized spacial score (nSPS) is 37.4. The van der Waals surface area contributed by atoms with E-state index in [2.05, 4.69) is 29.4 Å². The number of rotatable bonds is 7. The summed E-state index contributed by atoms with van der Waals surface area (Å²) in [5.74, 6) is -1.50. The van der Waals surface area contributed by atoms with E-state index in [-0.39, 0.29) is 29.8 Å². The maximum Gasteiger partial charge on any atom is 0.246 e. The summed E-state index contributed by atoms with van der Waals surface area (Å²) in [5.41, 5.74) is 0.629. The number of likely N-dealkylation sites (tertiary alicyclic amines) is 2. The molecule has 1 aromatic carbocycles. The second kappa shape index (κ2) is 10.4. The third-order valence-electron chi connectivity index (χ3n) is 9.96. The zero-order chi connectivity index (χ0) is 27.3. The van der Waals surface area contributed by atoms with Crippen LogP contribution < -0.4 is 10.6 Å². The molecule has 4 aliphatic heterocycles. The van der Waals surface area contributed by atoms with Gasteiger partial charge in [-0.3, -0.25) is 19.3 Å². The fraction of sp³-hybridized carbons (Fsp3) is 0.645. The number of nitrogens with one attached hydrogen (secondary N) is 2. The first-order valence-corrected chi connectivity index (χ1v) is 14.9. The highest BCUT2D eigenvalue weighted by molar-refractivity contribution is 6.02. The molecule has 8 heteroatoms. The van der Waals surface area contributed by atoms with Gasteiger partial charge in [0.1, 0.15) is 11.6 Å². The quantitative estimate of drug-likeness (QED) is 0.524. The number of amides is 3. The highest BCUT2D eigenvalue weighted by atomic mass is 16.5. The van der Waals surface area contributed by atoms with Gasteiger partial charge in [0.25, 0.3) is 0 Å². The first-order valence-electron chi connectivity index (χ1n) is 14.9. The Morgan fingerprint density at radius 2 is 1.95 bits per heavy atom. The Labute approximate surface area is 231 Å². The fourth-order valence-corrected chi connectivity index (χ4v) is 7.95. The number of hydrogen-bond acceptors (Lipinski definition) is 5. The largest absolute Gasteiger partial charge is 0.359 e. The number of ether oxygens (including phenoxy) is 1. The predicted octanol–water partition coefficient (Wildman–Crippen LogP) is 3.26. The van der Waals surface area contributed by atoms with Gasteiger partial charge in [-0.25, -0.2) is 0 Å². The molecular formula is C31H42N4O4. The molecule has 8 atom stereocenters. The van der Waals surface area contributed by atoms with Gasteiger partial charge in [0.15, 0.2) is 0 Å². The maximum atomic E-state index is 14.3. The van der Waals surface area contributed by atoms with Crippen molar-refractivity contribution in [1.29, 1.82) is 0 Å². The van der Waals surface area contributed by atoms with Crippen LogP contribution in [0.4, 0.5) is 5.69 Å². The van der Waals surface area contributed by atoms with Crippen LogP contribution in [0.5, 0.6) is 0 Å². The summed E-state index contributed by atoms with van der Waals surface area (Å²) in [7, 11) is 0. The van der Waals surface area contributed by atoms with E-state index in [1.54, 1.807) is 4.90 Å². The lowest BCUT2D eigenvalue weighted by Gasteiger charge is -2.37. The second-order valence-corrected chi connectivity index (χ2v) is 12.4. The van der Waals surface area contributed by atoms with E-state index in [9.17, 15) is 14.4 Å². The molecule has 1 saturated carbocycles. The first kappa shape index (κ1) is 26.5. The molecular weight excluding hydrogens is 492 g/mol. The molecule has 5 aliphatic rings. The first-order chi connectivity index (χ1) is 18.8. The van der Waals surface area contributed by atoms with Crippen LogP contribution in [0.3, 0.4) is 0 Å². The Kier molecular flexibility index (Phi) is 7.04. The zero-order valence-corrected chi connectivity index (χ0v) is 23.4. The van der Waals surface area contributed by atoms with Crippen LogP contribution in [0.2, 0.25) is 0 Å². The Bertz CT molecular complexity index is 1170. The number of fused-ring (bicyclic) bond motifs is 1. The third kappa shape index (κ3) is 4.49. The summed E-state index contributed by atoms with van der Waals surface area (Å²) < 4.78 is 6.54. The van der Waals surface area contributed by atoms with E-state index in [0.29, 0.717) is 18.2 Å². The van der Waals surface area contributed by atoms with Gasteiger partial charge < -0.3 is 20.3 Å². The number of benzene rings is 1. The van der Waals surface area contributed by atoms with Crippen molar-refractivity contribution < 1.29 is 19.1 Å². The van der Waals surface area contributed by atoms with E-state index in [1.165, 1.54) is 6.42 Å². The number of carbonyl (C=O) groups excluding carboxylic acids is 3. The second-order valence-electron chi connectivity index (χ2n) is 12.4. The molecule has 2 bridgehead atoms. The molecule has 39 heavy (non-hydrogen) atoms. The lowest BCUT2D eigenvalue weighted by atomic mass is 9.74. The minimum Gasteiger partial charge on any atom is -0.359 e. The van der Waals surface area contributed by atoms with E-state index < -0.39 is 29.6 Å². The molecule has 8 nitrogen and oxygen atoms in total. The molecule has 2 N–H and O–H groups in total. The minimum atomic E-state index is -1.12. The van der Waals surface area contributed by atoms with Crippen molar-refractivity contribution in [2.75, 3.05) is 25.0 Å². The van der Waals surface area contributed by atoms with Gasteiger partial charge in [-0.2, -0.15) is 0 Å². The summed E-state index contributed by atoms with van der Waals surface area (Å²) in [6.45, 7) is 8.73. The summed E-state index contributed by atoms with van der Waals surface area (Å²) in [4.78, 5) is 46.3. The SMILES string of the molecule is CCN1CCC[C@@H]1CN1C(=O)[C@H]2[C@H](C(=O)Nc3cccc(C)c3)[C@H]3C=C[C@@]2(O3)[C@@H]1C(=O)N[C@H]1CCCC[C@@H]1C. The van der Waals surface area contributed by atoms with Crippen molar-refractivity contribution in [2.45, 2.75) is 89.1 Å². The van der Waals surface area contributed by atoms with Crippen molar-refractivity contribution in [1.82, 2.24) is 15.1 Å². The number of nitrogens with zero attached hydrogens (tertiary/aromatic N) is 2. The predicted molar refractivity (Wildman–Crippen MR) is 149 cm³/mol. The monoisotopic (exact) mass is 534 g/mol. The summed E-state index contributed by atoms with van der Waals surface area (Å²) in [6, 6.07) is 7.18. The zero-order valence-electron chi connectivity index (χ0n) is 23.4. The molecule has 4 fully saturated rings. The molecule has 3 saturated heterocycles.